The number of nitrogens with zero attached hydrogens (tertiary/aromatic N) is 5. The van der Waals surface area contributed by atoms with Crippen LogP contribution in [0.2, 0.25) is 0 Å². The zero-order chi connectivity index (χ0) is 24.7. The number of aryl methyl sites for hydroxylation is 3. The number of benzene rings is 1. The normalized spacial score (nSPS) is 14.0. The summed E-state index contributed by atoms with van der Waals surface area (Å²) in [7, 11) is 0. The first kappa shape index (κ1) is 23.3. The van der Waals surface area contributed by atoms with E-state index in [9.17, 15) is 4.79 Å². The van der Waals surface area contributed by atoms with Crippen molar-refractivity contribution in [3.05, 3.63) is 70.8 Å². The predicted octanol–water partition coefficient (Wildman–Crippen LogP) is 5.23. The van der Waals surface area contributed by atoms with Gasteiger partial charge in [0.25, 0.3) is 5.91 Å². The molecule has 5 rings (SSSR count). The molecule has 3 heterocycles. The maximum absolute atomic E-state index is 13.3. The van der Waals surface area contributed by atoms with Gasteiger partial charge in [0.2, 0.25) is 0 Å². The van der Waals surface area contributed by atoms with Crippen LogP contribution in [0, 0.1) is 13.8 Å². The lowest BCUT2D eigenvalue weighted by Crippen LogP contribution is -2.26. The molecule has 0 unspecified atom stereocenters. The fourth-order valence-corrected chi connectivity index (χ4v) is 4.57. The molecular formula is C28H34N6O. The minimum Gasteiger partial charge on any atom is -0.352 e. The van der Waals surface area contributed by atoms with Gasteiger partial charge in [0.1, 0.15) is 0 Å². The van der Waals surface area contributed by atoms with Gasteiger partial charge in [-0.15, -0.1) is 0 Å². The van der Waals surface area contributed by atoms with Crippen LogP contribution in [-0.4, -0.2) is 37.0 Å². The van der Waals surface area contributed by atoms with Crippen molar-refractivity contribution in [2.45, 2.75) is 71.8 Å². The van der Waals surface area contributed by atoms with E-state index in [0.29, 0.717) is 18.0 Å². The third kappa shape index (κ3) is 4.72. The van der Waals surface area contributed by atoms with E-state index in [1.54, 1.807) is 0 Å². The van der Waals surface area contributed by atoms with Crippen LogP contribution in [-0.2, 0) is 12.0 Å². The molecule has 1 N–H and O–H groups in total. The lowest BCUT2D eigenvalue weighted by molar-refractivity contribution is 0.0954. The highest BCUT2D eigenvalue weighted by atomic mass is 16.1. The van der Waals surface area contributed by atoms with Crippen molar-refractivity contribution in [1.29, 1.82) is 0 Å². The number of aromatic nitrogens is 5. The monoisotopic (exact) mass is 470 g/mol. The van der Waals surface area contributed by atoms with Crippen LogP contribution in [0.3, 0.4) is 0 Å². The lowest BCUT2D eigenvalue weighted by atomic mass is 10.1. The van der Waals surface area contributed by atoms with Gasteiger partial charge < -0.3 is 5.32 Å². The molecule has 0 saturated heterocycles. The highest BCUT2D eigenvalue weighted by Gasteiger charge is 2.30. The number of fused-ring (bicyclic) bond motifs is 1. The molecule has 0 aliphatic heterocycles. The van der Waals surface area contributed by atoms with Gasteiger partial charge >= 0.3 is 0 Å². The van der Waals surface area contributed by atoms with E-state index in [2.05, 4.69) is 37.4 Å². The molecular weight excluding hydrogens is 436 g/mol. The molecule has 1 aromatic carbocycles. The average Bonchev–Trinajstić information content (AvgIpc) is 3.53. The molecule has 0 radical (unpaired) electrons. The lowest BCUT2D eigenvalue weighted by Gasteiger charge is -2.20. The highest BCUT2D eigenvalue weighted by molar-refractivity contribution is 6.06. The number of pyridine rings is 1. The number of carbonyl (C=O) groups is 1. The third-order valence-electron chi connectivity index (χ3n) is 6.64. The first-order valence-corrected chi connectivity index (χ1v) is 12.5. The van der Waals surface area contributed by atoms with Gasteiger partial charge in [-0.25, -0.2) is 14.3 Å². The van der Waals surface area contributed by atoms with Crippen LogP contribution in [0.1, 0.15) is 79.0 Å². The molecule has 1 saturated carbocycles. The first-order chi connectivity index (χ1) is 16.7. The molecule has 7 heteroatoms. The summed E-state index contributed by atoms with van der Waals surface area (Å²) in [5.74, 6) is 0.409. The Kier molecular flexibility index (Phi) is 5.95. The van der Waals surface area contributed by atoms with Gasteiger partial charge in [-0.2, -0.15) is 10.2 Å². The summed E-state index contributed by atoms with van der Waals surface area (Å²) in [4.78, 5) is 18.3. The minimum atomic E-state index is -0.211. The summed E-state index contributed by atoms with van der Waals surface area (Å²) in [6, 6.07) is 12.1. The molecule has 1 aliphatic rings. The minimum absolute atomic E-state index is 0.0486. The maximum Gasteiger partial charge on any atom is 0.252 e. The third-order valence-corrected chi connectivity index (χ3v) is 6.64. The van der Waals surface area contributed by atoms with Gasteiger partial charge in [0.05, 0.1) is 33.6 Å². The number of hydrogen-bond donors (Lipinski definition) is 1. The molecule has 1 fully saturated rings. The zero-order valence-corrected chi connectivity index (χ0v) is 21.3. The van der Waals surface area contributed by atoms with Crippen LogP contribution < -0.4 is 5.32 Å². The van der Waals surface area contributed by atoms with Gasteiger partial charge in [-0.3, -0.25) is 4.79 Å². The Balaban J connectivity index is 1.31. The maximum atomic E-state index is 13.3. The average molecular weight is 471 g/mol. The van der Waals surface area contributed by atoms with E-state index < -0.39 is 0 Å². The molecule has 1 aliphatic carbocycles. The van der Waals surface area contributed by atoms with Crippen molar-refractivity contribution in [2.24, 2.45) is 0 Å². The van der Waals surface area contributed by atoms with Crippen LogP contribution in [0.5, 0.6) is 0 Å². The van der Waals surface area contributed by atoms with Crippen molar-refractivity contribution < 1.29 is 4.79 Å². The van der Waals surface area contributed by atoms with Crippen LogP contribution in [0.15, 0.2) is 42.6 Å². The summed E-state index contributed by atoms with van der Waals surface area (Å²) in [5.41, 5.74) is 6.43. The van der Waals surface area contributed by atoms with E-state index in [-0.39, 0.29) is 11.4 Å². The number of hydrogen-bond acceptors (Lipinski definition) is 4. The Morgan fingerprint density at radius 1 is 1.09 bits per heavy atom. The molecule has 35 heavy (non-hydrogen) atoms. The number of amides is 1. The molecule has 1 amide bonds. The molecule has 0 bridgehead atoms. The zero-order valence-electron chi connectivity index (χ0n) is 21.3. The summed E-state index contributed by atoms with van der Waals surface area (Å²) in [6.45, 7) is 11.0. The number of rotatable bonds is 7. The fraction of sp³-hybridized carbons (Fsp3) is 0.429. The highest BCUT2D eigenvalue weighted by Crippen LogP contribution is 2.41. The standard InChI is InChI=1S/C28H34N6O/c1-18-21(17-33(31-18)22-11-7-6-8-12-22)10-9-15-29-27(35)23-16-24(20-13-14-20)30-26-25(23)19(2)32-34(26)28(3,4)5/h6-8,11-12,16-17,20H,9-10,13-15H2,1-5H3,(H,29,35). The summed E-state index contributed by atoms with van der Waals surface area (Å²) >= 11 is 0. The largest absolute Gasteiger partial charge is 0.352 e. The second-order valence-corrected chi connectivity index (χ2v) is 10.6. The first-order valence-electron chi connectivity index (χ1n) is 12.5. The summed E-state index contributed by atoms with van der Waals surface area (Å²) in [6.07, 6.45) is 6.07. The fourth-order valence-electron chi connectivity index (χ4n) is 4.57. The van der Waals surface area contributed by atoms with E-state index >= 15 is 0 Å². The Hall–Kier alpha value is -3.48. The smallest absolute Gasteiger partial charge is 0.252 e. The second-order valence-electron chi connectivity index (χ2n) is 10.6. The predicted molar refractivity (Wildman–Crippen MR) is 138 cm³/mol. The van der Waals surface area contributed by atoms with Crippen molar-refractivity contribution in [2.75, 3.05) is 6.54 Å². The van der Waals surface area contributed by atoms with Crippen molar-refractivity contribution in [1.82, 2.24) is 29.9 Å². The van der Waals surface area contributed by atoms with Crippen LogP contribution >= 0.6 is 0 Å². The van der Waals surface area contributed by atoms with Gasteiger partial charge in [-0.1, -0.05) is 18.2 Å². The Labute approximate surface area is 206 Å². The quantitative estimate of drug-likeness (QED) is 0.375. The summed E-state index contributed by atoms with van der Waals surface area (Å²) in [5, 5.41) is 13.4. The van der Waals surface area contributed by atoms with Crippen molar-refractivity contribution >= 4 is 16.9 Å². The van der Waals surface area contributed by atoms with Gasteiger partial charge in [0, 0.05) is 24.4 Å². The Morgan fingerprint density at radius 3 is 2.51 bits per heavy atom. The molecule has 4 aromatic rings. The van der Waals surface area contributed by atoms with E-state index in [1.807, 2.05) is 59.6 Å². The SMILES string of the molecule is Cc1nn(-c2ccccc2)cc1CCCNC(=O)c1cc(C2CC2)nc2c1c(C)nn2C(C)(C)C. The Bertz CT molecular complexity index is 1370. The molecule has 0 spiro atoms. The van der Waals surface area contributed by atoms with Gasteiger partial charge in [0.15, 0.2) is 5.65 Å². The van der Waals surface area contributed by atoms with Gasteiger partial charge in [-0.05, 0) is 84.1 Å². The molecule has 0 atom stereocenters. The van der Waals surface area contributed by atoms with E-state index in [4.69, 9.17) is 10.1 Å². The number of carbonyl (C=O) groups excluding carboxylic acids is 1. The summed E-state index contributed by atoms with van der Waals surface area (Å²) < 4.78 is 3.89. The molecule has 3 aromatic heterocycles. The van der Waals surface area contributed by atoms with Crippen LogP contribution in [0.25, 0.3) is 16.7 Å². The van der Waals surface area contributed by atoms with E-state index in [1.165, 1.54) is 5.56 Å². The number of nitrogens with one attached hydrogen (secondary N) is 1. The van der Waals surface area contributed by atoms with Crippen molar-refractivity contribution in [3.8, 4) is 5.69 Å². The van der Waals surface area contributed by atoms with E-state index in [0.717, 1.165) is 59.5 Å². The number of para-hydroxylation sites is 1. The topological polar surface area (TPSA) is 77.6 Å². The van der Waals surface area contributed by atoms with Crippen LogP contribution in [0.4, 0.5) is 0 Å². The van der Waals surface area contributed by atoms with Crippen molar-refractivity contribution in [3.63, 3.8) is 0 Å². The second kappa shape index (κ2) is 8.95. The molecule has 182 valence electrons. The Morgan fingerprint density at radius 2 is 1.83 bits per heavy atom. The molecule has 7 nitrogen and oxygen atoms in total.